The van der Waals surface area contributed by atoms with Gasteiger partial charge in [-0.05, 0) is 37.6 Å². The zero-order valence-electron chi connectivity index (χ0n) is 10.2. The minimum Gasteiger partial charge on any atom is -0.486 e. The molecule has 0 N–H and O–H groups in total. The second-order valence-electron chi connectivity index (χ2n) is 4.32. The molecule has 2 aromatic rings. The monoisotopic (exact) mass is 312 g/mol. The maximum absolute atomic E-state index is 13.2. The van der Waals surface area contributed by atoms with Crippen LogP contribution in [0.25, 0.3) is 0 Å². The number of halogens is 2. The van der Waals surface area contributed by atoms with Gasteiger partial charge in [0.2, 0.25) is 0 Å². The summed E-state index contributed by atoms with van der Waals surface area (Å²) in [7, 11) is 0. The molecule has 0 aliphatic carbocycles. The molecule has 0 amide bonds. The highest BCUT2D eigenvalue weighted by molar-refractivity contribution is 9.10. The third kappa shape index (κ3) is 3.32. The number of hydrogen-bond acceptors (Lipinski definition) is 2. The first-order valence-corrected chi connectivity index (χ1v) is 6.46. The Morgan fingerprint density at radius 1 is 1.39 bits per heavy atom. The van der Waals surface area contributed by atoms with Crippen LogP contribution >= 0.6 is 15.9 Å². The largest absolute Gasteiger partial charge is 0.486 e. The Bertz CT molecular complexity index is 519. The van der Waals surface area contributed by atoms with Gasteiger partial charge in [0.05, 0.1) is 12.4 Å². The summed E-state index contributed by atoms with van der Waals surface area (Å²) >= 11 is 3.25. The molecule has 0 atom stereocenters. The van der Waals surface area contributed by atoms with E-state index in [0.717, 1.165) is 5.56 Å². The van der Waals surface area contributed by atoms with Crippen LogP contribution in [-0.4, -0.2) is 9.78 Å². The van der Waals surface area contributed by atoms with E-state index >= 15 is 0 Å². The first-order chi connectivity index (χ1) is 8.54. The summed E-state index contributed by atoms with van der Waals surface area (Å²) in [4.78, 5) is 0. The van der Waals surface area contributed by atoms with Crippen LogP contribution in [0.3, 0.4) is 0 Å². The van der Waals surface area contributed by atoms with Crippen LogP contribution in [0.15, 0.2) is 35.1 Å². The summed E-state index contributed by atoms with van der Waals surface area (Å²) in [5.74, 6) is 0.407. The van der Waals surface area contributed by atoms with Crippen molar-refractivity contribution in [2.45, 2.75) is 26.5 Å². The third-order valence-electron chi connectivity index (χ3n) is 2.43. The van der Waals surface area contributed by atoms with Gasteiger partial charge in [-0.25, -0.2) is 4.39 Å². The van der Waals surface area contributed by atoms with Crippen LogP contribution in [0.5, 0.6) is 5.75 Å². The normalized spacial score (nSPS) is 10.9. The van der Waals surface area contributed by atoms with E-state index in [9.17, 15) is 4.39 Å². The fraction of sp³-hybridized carbons (Fsp3) is 0.308. The maximum atomic E-state index is 13.2. The van der Waals surface area contributed by atoms with E-state index < -0.39 is 0 Å². The topological polar surface area (TPSA) is 27.1 Å². The van der Waals surface area contributed by atoms with Gasteiger partial charge in [0.25, 0.3) is 0 Å². The average molecular weight is 313 g/mol. The van der Waals surface area contributed by atoms with E-state index in [1.54, 1.807) is 6.20 Å². The molecule has 0 radical (unpaired) electrons. The van der Waals surface area contributed by atoms with Gasteiger partial charge < -0.3 is 4.74 Å². The summed E-state index contributed by atoms with van der Waals surface area (Å²) in [6.07, 6.45) is 3.49. The molecule has 18 heavy (non-hydrogen) atoms. The molecule has 3 nitrogen and oxygen atoms in total. The molecule has 1 aromatic heterocycles. The lowest BCUT2D eigenvalue weighted by Crippen LogP contribution is -2.00. The van der Waals surface area contributed by atoms with E-state index in [1.807, 2.05) is 30.8 Å². The molecule has 0 spiro atoms. The molecule has 0 saturated carbocycles. The standard InChI is InChI=1S/C13H14BrFN2O/c1-9(2)17-7-13(6-16-17)18-8-10-3-11(14)5-12(15)4-10/h3-7,9H,8H2,1-2H3. The Labute approximate surface area is 114 Å². The molecule has 2 rings (SSSR count). The van der Waals surface area contributed by atoms with Crippen LogP contribution in [-0.2, 0) is 6.61 Å². The first kappa shape index (κ1) is 13.1. The van der Waals surface area contributed by atoms with Gasteiger partial charge in [-0.15, -0.1) is 0 Å². The van der Waals surface area contributed by atoms with Gasteiger partial charge in [0.1, 0.15) is 12.4 Å². The van der Waals surface area contributed by atoms with Gasteiger partial charge in [-0.2, -0.15) is 5.10 Å². The molecule has 1 heterocycles. The zero-order valence-corrected chi connectivity index (χ0v) is 11.8. The Morgan fingerprint density at radius 2 is 2.17 bits per heavy atom. The van der Waals surface area contributed by atoms with Crippen LogP contribution < -0.4 is 4.74 Å². The Hall–Kier alpha value is -1.36. The maximum Gasteiger partial charge on any atom is 0.157 e. The molecule has 1 aromatic carbocycles. The molecule has 0 aliphatic rings. The number of benzene rings is 1. The van der Waals surface area contributed by atoms with Crippen LogP contribution in [0.4, 0.5) is 4.39 Å². The lowest BCUT2D eigenvalue weighted by atomic mass is 10.2. The number of nitrogens with zero attached hydrogens (tertiary/aromatic N) is 2. The molecule has 0 unspecified atom stereocenters. The van der Waals surface area contributed by atoms with Crippen molar-refractivity contribution in [1.82, 2.24) is 9.78 Å². The lowest BCUT2D eigenvalue weighted by molar-refractivity contribution is 0.304. The van der Waals surface area contributed by atoms with Crippen molar-refractivity contribution in [2.24, 2.45) is 0 Å². The minimum atomic E-state index is -0.277. The van der Waals surface area contributed by atoms with Gasteiger partial charge in [0.15, 0.2) is 5.75 Å². The quantitative estimate of drug-likeness (QED) is 0.855. The fourth-order valence-electron chi connectivity index (χ4n) is 1.54. The van der Waals surface area contributed by atoms with Crippen molar-refractivity contribution in [3.63, 3.8) is 0 Å². The molecule has 0 aliphatic heterocycles. The van der Waals surface area contributed by atoms with E-state index in [1.165, 1.54) is 12.1 Å². The smallest absolute Gasteiger partial charge is 0.157 e. The summed E-state index contributed by atoms with van der Waals surface area (Å²) in [6.45, 7) is 4.40. The van der Waals surface area contributed by atoms with Crippen LogP contribution in [0.2, 0.25) is 0 Å². The third-order valence-corrected chi connectivity index (χ3v) is 2.89. The van der Waals surface area contributed by atoms with Crippen LogP contribution in [0, 0.1) is 5.82 Å². The number of aromatic nitrogens is 2. The fourth-order valence-corrected chi connectivity index (χ4v) is 2.05. The second kappa shape index (κ2) is 5.52. The number of hydrogen-bond donors (Lipinski definition) is 0. The van der Waals surface area contributed by atoms with Gasteiger partial charge >= 0.3 is 0 Å². The van der Waals surface area contributed by atoms with Crippen molar-refractivity contribution >= 4 is 15.9 Å². The molecule has 0 bridgehead atoms. The highest BCUT2D eigenvalue weighted by Gasteiger charge is 2.04. The predicted molar refractivity (Wildman–Crippen MR) is 71.0 cm³/mol. The Morgan fingerprint density at radius 3 is 2.78 bits per heavy atom. The van der Waals surface area contributed by atoms with E-state index in [-0.39, 0.29) is 5.82 Å². The second-order valence-corrected chi connectivity index (χ2v) is 5.23. The first-order valence-electron chi connectivity index (χ1n) is 5.66. The van der Waals surface area contributed by atoms with Crippen molar-refractivity contribution < 1.29 is 9.13 Å². The van der Waals surface area contributed by atoms with Gasteiger partial charge in [-0.3, -0.25) is 4.68 Å². The minimum absolute atomic E-state index is 0.277. The predicted octanol–water partition coefficient (Wildman–Crippen LogP) is 3.94. The summed E-state index contributed by atoms with van der Waals surface area (Å²) in [5.41, 5.74) is 0.777. The number of ether oxygens (including phenoxy) is 1. The summed E-state index contributed by atoms with van der Waals surface area (Å²) < 4.78 is 21.2. The Balaban J connectivity index is 2.02. The van der Waals surface area contributed by atoms with Crippen molar-refractivity contribution in [3.05, 3.63) is 46.4 Å². The molecule has 0 saturated heterocycles. The molecule has 5 heteroatoms. The highest BCUT2D eigenvalue weighted by atomic mass is 79.9. The van der Waals surface area contributed by atoms with Gasteiger partial charge in [0, 0.05) is 10.5 Å². The SMILES string of the molecule is CC(C)n1cc(OCc2cc(F)cc(Br)c2)cn1. The van der Waals surface area contributed by atoms with Crippen molar-refractivity contribution in [3.8, 4) is 5.75 Å². The summed E-state index contributed by atoms with van der Waals surface area (Å²) in [6, 6.07) is 5.00. The molecule has 0 fully saturated rings. The van der Waals surface area contributed by atoms with E-state index in [2.05, 4.69) is 21.0 Å². The molecular formula is C13H14BrFN2O. The van der Waals surface area contributed by atoms with Gasteiger partial charge in [-0.1, -0.05) is 15.9 Å². The zero-order chi connectivity index (χ0) is 13.1. The molecular weight excluding hydrogens is 299 g/mol. The van der Waals surface area contributed by atoms with Crippen molar-refractivity contribution in [1.29, 1.82) is 0 Å². The Kier molecular flexibility index (Phi) is 4.01. The van der Waals surface area contributed by atoms with E-state index in [0.29, 0.717) is 22.9 Å². The van der Waals surface area contributed by atoms with Crippen LogP contribution in [0.1, 0.15) is 25.5 Å². The average Bonchev–Trinajstić information content (AvgIpc) is 2.73. The van der Waals surface area contributed by atoms with Crippen molar-refractivity contribution in [2.75, 3.05) is 0 Å². The summed E-state index contributed by atoms with van der Waals surface area (Å²) in [5, 5.41) is 4.17. The molecule has 96 valence electrons. The van der Waals surface area contributed by atoms with E-state index in [4.69, 9.17) is 4.74 Å². The highest BCUT2D eigenvalue weighted by Crippen LogP contribution is 2.18. The lowest BCUT2D eigenvalue weighted by Gasteiger charge is -2.05. The number of rotatable bonds is 4.